The minimum Gasteiger partial charge on any atom is -0.453 e. The summed E-state index contributed by atoms with van der Waals surface area (Å²) in [5, 5.41) is 16.0. The number of hydrogen-bond donors (Lipinski definition) is 0. The Morgan fingerprint density at radius 1 is 0.550 bits per heavy atom. The molecule has 4 aromatic carbocycles. The minimum atomic E-state index is -5.32. The van der Waals surface area contributed by atoms with E-state index in [2.05, 4.69) is 0 Å². The van der Waals surface area contributed by atoms with Crippen LogP contribution in [0.4, 0.5) is 35.1 Å². The van der Waals surface area contributed by atoms with Crippen LogP contribution >= 0.6 is 0 Å². The van der Waals surface area contributed by atoms with Crippen molar-refractivity contribution < 1.29 is 44.6 Å². The summed E-state index contributed by atoms with van der Waals surface area (Å²) in [6, 6.07) is 13.9. The van der Waals surface area contributed by atoms with E-state index in [1.54, 1.807) is 0 Å². The maximum absolute atomic E-state index is 14.1. The van der Waals surface area contributed by atoms with Gasteiger partial charge >= 0.3 is 12.4 Å². The molecule has 0 heterocycles. The van der Waals surface area contributed by atoms with E-state index in [0.717, 1.165) is 72.8 Å². The van der Waals surface area contributed by atoms with Gasteiger partial charge in [-0.2, -0.15) is 36.9 Å². The molecule has 0 bridgehead atoms. The van der Waals surface area contributed by atoms with Crippen LogP contribution in [-0.4, -0.2) is 12.4 Å². The first-order chi connectivity index (χ1) is 18.8. The molecule has 0 saturated heterocycles. The van der Waals surface area contributed by atoms with E-state index in [1.165, 1.54) is 12.1 Å². The van der Waals surface area contributed by atoms with Crippen molar-refractivity contribution >= 4 is 21.9 Å². The Morgan fingerprint density at radius 3 is 1.15 bits per heavy atom. The summed E-state index contributed by atoms with van der Waals surface area (Å²) in [5.41, 5.74) is -3.69. The van der Waals surface area contributed by atoms with Crippen LogP contribution in [-0.2, 0) is 0 Å². The summed E-state index contributed by atoms with van der Waals surface area (Å²) in [4.78, 5) is 0. The third-order valence-corrected chi connectivity index (χ3v) is 5.48. The number of rotatable bonds is 4. The van der Waals surface area contributed by atoms with E-state index in [0.29, 0.717) is 0 Å². The van der Waals surface area contributed by atoms with Crippen LogP contribution in [0.15, 0.2) is 72.8 Å². The summed E-state index contributed by atoms with van der Waals surface area (Å²) in [6.07, 6.45) is -10.6. The lowest BCUT2D eigenvalue weighted by atomic mass is 9.97. The summed E-state index contributed by atoms with van der Waals surface area (Å²) in [6.45, 7) is 0. The van der Waals surface area contributed by atoms with Crippen molar-refractivity contribution in [3.8, 4) is 35.1 Å². The van der Waals surface area contributed by atoms with Crippen LogP contribution in [0.5, 0.6) is 23.0 Å². The molecule has 0 saturated carbocycles. The molecular weight excluding hydrogens is 548 g/mol. The van der Waals surface area contributed by atoms with Gasteiger partial charge in [-0.1, -0.05) is 24.3 Å². The Balaban J connectivity index is 2.36. The molecule has 40 heavy (non-hydrogen) atoms. The van der Waals surface area contributed by atoms with E-state index in [1.807, 2.05) is 0 Å². The lowest BCUT2D eigenvalue weighted by Gasteiger charge is -2.19. The van der Waals surface area contributed by atoms with E-state index < -0.39 is 67.8 Å². The van der Waals surface area contributed by atoms with Crippen LogP contribution in [0, 0.1) is 34.3 Å². The predicted molar refractivity (Wildman–Crippen MR) is 126 cm³/mol. The third kappa shape index (κ3) is 5.52. The van der Waals surface area contributed by atoms with Crippen LogP contribution in [0.2, 0.25) is 0 Å². The molecule has 0 aliphatic heterocycles. The van der Waals surface area contributed by atoms with E-state index in [4.69, 9.17) is 9.47 Å². The molecule has 202 valence electrons. The van der Waals surface area contributed by atoms with E-state index in [9.17, 15) is 45.6 Å². The first kappa shape index (κ1) is 27.9. The molecular formula is C28H12F8N2O2. The number of nitrogens with zero attached hydrogens (tertiary/aromatic N) is 2. The molecule has 4 aromatic rings. The first-order valence-electron chi connectivity index (χ1n) is 11.0. The fraction of sp³-hybridized carbons (Fsp3) is 0.0714. The fourth-order valence-electron chi connectivity index (χ4n) is 3.84. The summed E-state index contributed by atoms with van der Waals surface area (Å²) >= 11 is 0. The van der Waals surface area contributed by atoms with Crippen molar-refractivity contribution in [3.63, 3.8) is 0 Å². The lowest BCUT2D eigenvalue weighted by molar-refractivity contribution is -0.0694. The van der Waals surface area contributed by atoms with Crippen LogP contribution in [0.3, 0.4) is 0 Å². The summed E-state index contributed by atoms with van der Waals surface area (Å²) in [7, 11) is 0. The van der Waals surface area contributed by atoms with Gasteiger partial charge in [0.2, 0.25) is 0 Å². The number of ether oxygens (including phenoxy) is 2. The zero-order chi connectivity index (χ0) is 29.2. The average molecular weight is 560 g/mol. The zero-order valence-electron chi connectivity index (χ0n) is 19.7. The highest BCUT2D eigenvalue weighted by atomic mass is 19.4. The molecule has 0 aliphatic rings. The molecule has 0 amide bonds. The fourth-order valence-corrected chi connectivity index (χ4v) is 3.84. The Bertz CT molecular complexity index is 1660. The number of nitriles is 2. The predicted octanol–water partition coefficient (Wildman–Crippen LogP) is 7.18. The van der Waals surface area contributed by atoms with E-state index >= 15 is 0 Å². The maximum Gasteiger partial charge on any atom is 0.426 e. The molecule has 0 aromatic heterocycles. The van der Waals surface area contributed by atoms with Crippen molar-refractivity contribution in [3.05, 3.63) is 94.9 Å². The Kier molecular flexibility index (Phi) is 7.38. The molecule has 0 radical (unpaired) electrons. The van der Waals surface area contributed by atoms with Crippen molar-refractivity contribution in [1.29, 1.82) is 10.5 Å². The highest BCUT2D eigenvalue weighted by Gasteiger charge is 2.40. The smallest absolute Gasteiger partial charge is 0.426 e. The summed E-state index contributed by atoms with van der Waals surface area (Å²) < 4.78 is 123. The molecule has 0 unspecified atom stereocenters. The Morgan fingerprint density at radius 2 is 0.875 bits per heavy atom. The second-order valence-electron chi connectivity index (χ2n) is 8.03. The highest BCUT2D eigenvalue weighted by molar-refractivity contribution is 5.94. The van der Waals surface area contributed by atoms with Crippen molar-refractivity contribution in [2.24, 2.45) is 0 Å². The van der Waals surface area contributed by atoms with Gasteiger partial charge in [0, 0.05) is 0 Å². The molecule has 0 fully saturated rings. The first-order valence-corrected chi connectivity index (χ1v) is 11.0. The normalized spacial score (nSPS) is 13.2. The number of alkyl halides is 6. The van der Waals surface area contributed by atoms with Crippen LogP contribution in [0.25, 0.3) is 21.9 Å². The molecule has 0 atom stereocenters. The SMILES string of the molecule is N#C/C(=c1\c(Oc2ccc(F)cc2)c(Oc2ccc(F)cc2)/c(=C(\C#N)C(F)(F)F)c2ccccc12)C(F)(F)F. The van der Waals surface area contributed by atoms with Crippen molar-refractivity contribution in [2.75, 3.05) is 0 Å². The van der Waals surface area contributed by atoms with Gasteiger partial charge in [0.15, 0.2) is 11.5 Å². The van der Waals surface area contributed by atoms with Gasteiger partial charge in [-0.15, -0.1) is 0 Å². The van der Waals surface area contributed by atoms with Gasteiger partial charge in [-0.3, -0.25) is 0 Å². The number of halogens is 8. The maximum atomic E-state index is 14.1. The van der Waals surface area contributed by atoms with Crippen molar-refractivity contribution in [2.45, 2.75) is 12.4 Å². The largest absolute Gasteiger partial charge is 0.453 e. The molecule has 4 nitrogen and oxygen atoms in total. The number of fused-ring (bicyclic) bond motifs is 1. The Hall–Kier alpha value is -5.10. The molecule has 0 spiro atoms. The Labute approximate surface area is 219 Å². The zero-order valence-corrected chi connectivity index (χ0v) is 19.7. The van der Waals surface area contributed by atoms with Gasteiger partial charge in [0.25, 0.3) is 0 Å². The second kappa shape index (κ2) is 10.6. The second-order valence-corrected chi connectivity index (χ2v) is 8.03. The van der Waals surface area contributed by atoms with Gasteiger partial charge in [-0.25, -0.2) is 8.78 Å². The molecule has 0 N–H and O–H groups in total. The van der Waals surface area contributed by atoms with Crippen LogP contribution in [0.1, 0.15) is 0 Å². The topological polar surface area (TPSA) is 66.0 Å². The monoisotopic (exact) mass is 560 g/mol. The van der Waals surface area contributed by atoms with Gasteiger partial charge < -0.3 is 9.47 Å². The number of benzene rings is 4. The molecule has 12 heteroatoms. The standard InChI is InChI=1S/C28H12F8N2O2/c29-15-5-9-17(10-6-15)39-25-23(21(13-37)27(31,32)33)19-3-1-2-4-20(19)24(22(14-38)28(34,35)36)26(25)40-18-11-7-16(30)8-12-18/h1-12H/b23-21+,24-22+. The highest BCUT2D eigenvalue weighted by Crippen LogP contribution is 2.37. The molecule has 4 rings (SSSR count). The minimum absolute atomic E-state index is 0.335. The summed E-state index contributed by atoms with van der Waals surface area (Å²) in [5.74, 6) is -4.22. The average Bonchev–Trinajstić information content (AvgIpc) is 2.88. The van der Waals surface area contributed by atoms with Crippen molar-refractivity contribution in [1.82, 2.24) is 0 Å². The van der Waals surface area contributed by atoms with E-state index in [-0.39, 0.29) is 11.5 Å². The quantitative estimate of drug-likeness (QED) is 0.248. The number of hydrogen-bond acceptors (Lipinski definition) is 4. The third-order valence-electron chi connectivity index (χ3n) is 5.48. The van der Waals surface area contributed by atoms with Crippen LogP contribution < -0.4 is 19.9 Å². The van der Waals surface area contributed by atoms with Gasteiger partial charge in [0.05, 0.1) is 10.4 Å². The van der Waals surface area contributed by atoms with Gasteiger partial charge in [-0.05, 0) is 59.3 Å². The molecule has 0 aliphatic carbocycles. The van der Waals surface area contributed by atoms with Gasteiger partial charge in [0.1, 0.15) is 46.4 Å². The lowest BCUT2D eigenvalue weighted by Crippen LogP contribution is -2.28.